The highest BCUT2D eigenvalue weighted by Gasteiger charge is 2.37. The van der Waals surface area contributed by atoms with Crippen LogP contribution in [0.1, 0.15) is 15.9 Å². The van der Waals surface area contributed by atoms with Crippen LogP contribution in [-0.4, -0.2) is 34.3 Å². The van der Waals surface area contributed by atoms with Crippen molar-refractivity contribution < 1.29 is 41.0 Å². The summed E-state index contributed by atoms with van der Waals surface area (Å²) in [6.07, 6.45) is -8.74. The second kappa shape index (κ2) is 5.66. The van der Waals surface area contributed by atoms with Crippen LogP contribution in [0.15, 0.2) is 12.4 Å². The number of amides is 1. The zero-order valence-electron chi connectivity index (χ0n) is 10.0. The van der Waals surface area contributed by atoms with Crippen LogP contribution in [0.5, 0.6) is 0 Å². The van der Waals surface area contributed by atoms with E-state index in [9.17, 15) is 35.9 Å². The molecular formula is C10H8F6N2O3. The van der Waals surface area contributed by atoms with E-state index in [0.717, 1.165) is 0 Å². The number of carbonyl (C=O) groups is 2. The number of halogens is 6. The Morgan fingerprint density at radius 3 is 2.10 bits per heavy atom. The number of aromatic carboxylic acids is 1. The first-order valence-corrected chi connectivity index (χ1v) is 5.24. The van der Waals surface area contributed by atoms with Gasteiger partial charge >= 0.3 is 18.3 Å². The summed E-state index contributed by atoms with van der Waals surface area (Å²) in [6, 6.07) is 0. The highest BCUT2D eigenvalue weighted by atomic mass is 19.4. The van der Waals surface area contributed by atoms with Gasteiger partial charge in [-0.3, -0.25) is 4.79 Å². The molecule has 1 amide bonds. The van der Waals surface area contributed by atoms with Crippen LogP contribution in [0.25, 0.3) is 0 Å². The van der Waals surface area contributed by atoms with Gasteiger partial charge < -0.3 is 15.0 Å². The van der Waals surface area contributed by atoms with Gasteiger partial charge in [-0.05, 0) is 0 Å². The molecule has 1 heterocycles. The molecule has 0 atom stereocenters. The summed E-state index contributed by atoms with van der Waals surface area (Å²) in [5, 5.41) is 10.1. The number of hydrogen-bond donors (Lipinski definition) is 2. The molecule has 1 aromatic rings. The molecule has 0 aliphatic carbocycles. The number of nitrogens with one attached hydrogen (secondary N) is 1. The van der Waals surface area contributed by atoms with Gasteiger partial charge in [-0.2, -0.15) is 26.3 Å². The topological polar surface area (TPSA) is 71.3 Å². The number of carboxylic acid groups (broad SMARTS) is 1. The molecule has 0 aromatic carbocycles. The molecule has 0 spiro atoms. The highest BCUT2D eigenvalue weighted by molar-refractivity contribution is 5.89. The average molecular weight is 318 g/mol. The van der Waals surface area contributed by atoms with Crippen molar-refractivity contribution >= 4 is 11.9 Å². The summed E-state index contributed by atoms with van der Waals surface area (Å²) in [7, 11) is 0. The molecule has 2 N–H and O–H groups in total. The van der Waals surface area contributed by atoms with Gasteiger partial charge in [0, 0.05) is 12.4 Å². The smallest absolute Gasteiger partial charge is 0.418 e. The van der Waals surface area contributed by atoms with Crippen molar-refractivity contribution in [1.82, 2.24) is 9.88 Å². The zero-order valence-corrected chi connectivity index (χ0v) is 10.0. The Morgan fingerprint density at radius 2 is 1.71 bits per heavy atom. The van der Waals surface area contributed by atoms with Gasteiger partial charge in [0.1, 0.15) is 13.1 Å². The van der Waals surface area contributed by atoms with Gasteiger partial charge in [-0.25, -0.2) is 4.79 Å². The molecular weight excluding hydrogens is 310 g/mol. The molecule has 0 saturated carbocycles. The lowest BCUT2D eigenvalue weighted by atomic mass is 10.2. The lowest BCUT2D eigenvalue weighted by Crippen LogP contribution is -2.35. The SMILES string of the molecule is O=C(Cn1cc(C(=O)O)c(C(F)(F)F)c1)NCC(F)(F)F. The predicted octanol–water partition coefficient (Wildman–Crippen LogP) is 1.88. The van der Waals surface area contributed by atoms with Crippen molar-refractivity contribution in [3.8, 4) is 0 Å². The number of alkyl halides is 6. The van der Waals surface area contributed by atoms with Crippen LogP contribution >= 0.6 is 0 Å². The van der Waals surface area contributed by atoms with Crippen molar-refractivity contribution in [3.63, 3.8) is 0 Å². The van der Waals surface area contributed by atoms with Gasteiger partial charge in [-0.15, -0.1) is 0 Å². The van der Waals surface area contributed by atoms with Crippen molar-refractivity contribution in [2.24, 2.45) is 0 Å². The second-order valence-corrected chi connectivity index (χ2v) is 3.95. The summed E-state index contributed by atoms with van der Waals surface area (Å²) < 4.78 is 73.7. The van der Waals surface area contributed by atoms with Crippen LogP contribution in [0.2, 0.25) is 0 Å². The molecule has 0 unspecified atom stereocenters. The monoisotopic (exact) mass is 318 g/mol. The summed E-state index contributed by atoms with van der Waals surface area (Å²) in [4.78, 5) is 21.8. The second-order valence-electron chi connectivity index (χ2n) is 3.95. The largest absolute Gasteiger partial charge is 0.478 e. The summed E-state index contributed by atoms with van der Waals surface area (Å²) in [6.45, 7) is -2.50. The Hall–Kier alpha value is -2.20. The minimum atomic E-state index is -4.96. The molecule has 0 bridgehead atoms. The molecule has 1 rings (SSSR count). The predicted molar refractivity (Wildman–Crippen MR) is 55.5 cm³/mol. The third-order valence-electron chi connectivity index (χ3n) is 2.23. The lowest BCUT2D eigenvalue weighted by Gasteiger charge is -2.08. The Bertz CT molecular complexity index is 546. The lowest BCUT2D eigenvalue weighted by molar-refractivity contribution is -0.139. The van der Waals surface area contributed by atoms with Crippen LogP contribution in [0.3, 0.4) is 0 Å². The molecule has 0 aliphatic rings. The third-order valence-corrected chi connectivity index (χ3v) is 2.23. The van der Waals surface area contributed by atoms with Crippen molar-refractivity contribution in [2.45, 2.75) is 18.9 Å². The molecule has 1 aromatic heterocycles. The average Bonchev–Trinajstić information content (AvgIpc) is 2.69. The summed E-state index contributed by atoms with van der Waals surface area (Å²) in [5.41, 5.74) is -2.58. The fraction of sp³-hybridized carbons (Fsp3) is 0.400. The molecule has 0 saturated heterocycles. The van der Waals surface area contributed by atoms with Crippen molar-refractivity contribution in [3.05, 3.63) is 23.5 Å². The maximum absolute atomic E-state index is 12.5. The van der Waals surface area contributed by atoms with E-state index < -0.39 is 48.4 Å². The van der Waals surface area contributed by atoms with Gasteiger partial charge in [-0.1, -0.05) is 0 Å². The number of aromatic nitrogens is 1. The van der Waals surface area contributed by atoms with Gasteiger partial charge in [0.05, 0.1) is 11.1 Å². The van der Waals surface area contributed by atoms with E-state index in [1.54, 1.807) is 0 Å². The molecule has 0 radical (unpaired) electrons. The van der Waals surface area contributed by atoms with Gasteiger partial charge in [0.15, 0.2) is 0 Å². The molecule has 118 valence electrons. The molecule has 21 heavy (non-hydrogen) atoms. The quantitative estimate of drug-likeness (QED) is 0.833. The normalized spacial score (nSPS) is 12.3. The number of carboxylic acids is 1. The van der Waals surface area contributed by atoms with Crippen LogP contribution in [0.4, 0.5) is 26.3 Å². The first-order chi connectivity index (χ1) is 9.40. The first kappa shape index (κ1) is 16.9. The van der Waals surface area contributed by atoms with Crippen LogP contribution < -0.4 is 5.32 Å². The van der Waals surface area contributed by atoms with E-state index >= 15 is 0 Å². The fourth-order valence-corrected chi connectivity index (χ4v) is 1.42. The third kappa shape index (κ3) is 5.00. The number of hydrogen-bond acceptors (Lipinski definition) is 2. The van der Waals surface area contributed by atoms with Crippen LogP contribution in [-0.2, 0) is 17.5 Å². The van der Waals surface area contributed by atoms with E-state index in [0.29, 0.717) is 17.0 Å². The Labute approximate surface area is 113 Å². The maximum atomic E-state index is 12.5. The zero-order chi connectivity index (χ0) is 16.4. The fourth-order valence-electron chi connectivity index (χ4n) is 1.42. The standard InChI is InChI=1S/C10H8F6N2O3/c11-9(12,13)4-17-7(19)3-18-1-5(8(20)21)6(2-18)10(14,15)16/h1-2H,3-4H2,(H,17,19)(H,20,21). The Balaban J connectivity index is 2.86. The highest BCUT2D eigenvalue weighted by Crippen LogP contribution is 2.32. The van der Waals surface area contributed by atoms with Gasteiger partial charge in [0.25, 0.3) is 0 Å². The summed E-state index contributed by atoms with van der Waals surface area (Å²) in [5.74, 6) is -3.07. The minimum absolute atomic E-state index is 0.344. The van der Waals surface area contributed by atoms with Crippen molar-refractivity contribution in [1.29, 1.82) is 0 Å². The van der Waals surface area contributed by atoms with E-state index in [1.165, 1.54) is 5.32 Å². The Kier molecular flexibility index (Phi) is 4.54. The molecule has 11 heteroatoms. The van der Waals surface area contributed by atoms with E-state index in [1.807, 2.05) is 0 Å². The first-order valence-electron chi connectivity index (χ1n) is 5.24. The van der Waals surface area contributed by atoms with Crippen LogP contribution in [0, 0.1) is 0 Å². The molecule has 0 aliphatic heterocycles. The number of rotatable bonds is 4. The van der Waals surface area contributed by atoms with E-state index in [4.69, 9.17) is 5.11 Å². The van der Waals surface area contributed by atoms with E-state index in [-0.39, 0.29) is 0 Å². The number of carbonyl (C=O) groups excluding carboxylic acids is 1. The maximum Gasteiger partial charge on any atom is 0.418 e. The molecule has 5 nitrogen and oxygen atoms in total. The van der Waals surface area contributed by atoms with Gasteiger partial charge in [0.2, 0.25) is 5.91 Å². The minimum Gasteiger partial charge on any atom is -0.478 e. The molecule has 0 fully saturated rings. The Morgan fingerprint density at radius 1 is 1.14 bits per heavy atom. The summed E-state index contributed by atoms with van der Waals surface area (Å²) >= 11 is 0. The van der Waals surface area contributed by atoms with E-state index in [2.05, 4.69) is 0 Å². The number of nitrogens with zero attached hydrogens (tertiary/aromatic N) is 1. The van der Waals surface area contributed by atoms with Crippen molar-refractivity contribution in [2.75, 3.05) is 6.54 Å².